The molecule has 4 nitrogen and oxygen atoms in total. The number of benzene rings is 8. The van der Waals surface area contributed by atoms with E-state index in [2.05, 4.69) is 115 Å². The smallest absolute Gasteiger partial charge is 0.164 e. The molecule has 0 atom stereocenters. The molecule has 10 rings (SSSR count). The lowest BCUT2D eigenvalue weighted by Crippen LogP contribution is -2.00. The Balaban J connectivity index is 1.12. The van der Waals surface area contributed by atoms with Crippen molar-refractivity contribution in [2.75, 3.05) is 0 Å². The minimum atomic E-state index is 0.604. The highest BCUT2D eigenvalue weighted by atomic mass is 16.3. The molecule has 0 fully saturated rings. The number of aromatic nitrogens is 3. The summed E-state index contributed by atoms with van der Waals surface area (Å²) in [6.07, 6.45) is 0. The van der Waals surface area contributed by atoms with Crippen LogP contribution in [0.5, 0.6) is 0 Å². The van der Waals surface area contributed by atoms with Gasteiger partial charge in [0.25, 0.3) is 0 Å². The maximum atomic E-state index is 6.22. The molecule has 10 aromatic rings. The van der Waals surface area contributed by atoms with Crippen molar-refractivity contribution in [2.24, 2.45) is 0 Å². The second-order valence-electron chi connectivity index (χ2n) is 12.8. The summed E-state index contributed by atoms with van der Waals surface area (Å²) in [6.45, 7) is 0. The summed E-state index contributed by atoms with van der Waals surface area (Å²) in [6, 6.07) is 61.2. The summed E-state index contributed by atoms with van der Waals surface area (Å²) in [5.74, 6) is 1.84. The minimum Gasteiger partial charge on any atom is -0.456 e. The number of hydrogen-bond donors (Lipinski definition) is 0. The van der Waals surface area contributed by atoms with Crippen LogP contribution < -0.4 is 0 Å². The topological polar surface area (TPSA) is 51.8 Å². The van der Waals surface area contributed by atoms with E-state index in [-0.39, 0.29) is 0 Å². The monoisotopic (exact) mass is 651 g/mol. The van der Waals surface area contributed by atoms with Crippen molar-refractivity contribution in [1.82, 2.24) is 15.0 Å². The Hall–Kier alpha value is -6.91. The highest BCUT2D eigenvalue weighted by Crippen LogP contribution is 2.38. The number of hydrogen-bond acceptors (Lipinski definition) is 4. The van der Waals surface area contributed by atoms with Gasteiger partial charge < -0.3 is 4.42 Å². The first-order chi connectivity index (χ1) is 25.2. The molecule has 4 heteroatoms. The first-order valence-corrected chi connectivity index (χ1v) is 17.1. The lowest BCUT2D eigenvalue weighted by molar-refractivity contribution is 0.669. The maximum absolute atomic E-state index is 6.22. The number of fused-ring (bicyclic) bond motifs is 5. The highest BCUT2D eigenvalue weighted by Gasteiger charge is 2.18. The first-order valence-electron chi connectivity index (χ1n) is 17.1. The summed E-state index contributed by atoms with van der Waals surface area (Å²) >= 11 is 0. The summed E-state index contributed by atoms with van der Waals surface area (Å²) in [4.78, 5) is 15.2. The molecule has 2 aromatic heterocycles. The SMILES string of the molecule is c1ccc(-c2nc(-c3cccc(-c4ccc5cccc(-c6ccc7ccccc7c6)c5c4)c3)nc(-c3cccc4oc5ccccc5c34)n2)cc1. The molecule has 0 aliphatic rings. The molecule has 0 aliphatic heterocycles. The Labute approximate surface area is 294 Å². The van der Waals surface area contributed by atoms with Gasteiger partial charge in [0.1, 0.15) is 11.2 Å². The van der Waals surface area contributed by atoms with E-state index in [1.807, 2.05) is 60.7 Å². The number of furan rings is 1. The van der Waals surface area contributed by atoms with E-state index in [1.165, 1.54) is 32.7 Å². The van der Waals surface area contributed by atoms with Crippen LogP contribution in [0.25, 0.3) is 99.9 Å². The van der Waals surface area contributed by atoms with Crippen LogP contribution in [0.4, 0.5) is 0 Å². The van der Waals surface area contributed by atoms with Gasteiger partial charge in [-0.25, -0.2) is 15.0 Å². The van der Waals surface area contributed by atoms with Crippen LogP contribution in [0, 0.1) is 0 Å². The van der Waals surface area contributed by atoms with Crippen LogP contribution in [0.2, 0.25) is 0 Å². The molecule has 0 N–H and O–H groups in total. The summed E-state index contributed by atoms with van der Waals surface area (Å²) in [5.41, 5.74) is 9.04. The van der Waals surface area contributed by atoms with Gasteiger partial charge in [0.05, 0.1) is 0 Å². The summed E-state index contributed by atoms with van der Waals surface area (Å²) in [5, 5.41) is 6.93. The zero-order valence-electron chi connectivity index (χ0n) is 27.5. The van der Waals surface area contributed by atoms with Crippen molar-refractivity contribution in [1.29, 1.82) is 0 Å². The fourth-order valence-corrected chi connectivity index (χ4v) is 7.20. The van der Waals surface area contributed by atoms with E-state index in [0.717, 1.165) is 49.8 Å². The Bertz CT molecular complexity index is 2930. The zero-order chi connectivity index (χ0) is 33.7. The molecular weight excluding hydrogens is 623 g/mol. The predicted molar refractivity (Wildman–Crippen MR) is 209 cm³/mol. The van der Waals surface area contributed by atoms with Gasteiger partial charge in [-0.05, 0) is 74.1 Å². The highest BCUT2D eigenvalue weighted by molar-refractivity contribution is 6.11. The van der Waals surface area contributed by atoms with Crippen molar-refractivity contribution >= 4 is 43.5 Å². The van der Waals surface area contributed by atoms with Crippen LogP contribution in [-0.4, -0.2) is 15.0 Å². The van der Waals surface area contributed by atoms with Gasteiger partial charge in [0, 0.05) is 27.5 Å². The number of nitrogens with zero attached hydrogens (tertiary/aromatic N) is 3. The van der Waals surface area contributed by atoms with Crippen LogP contribution in [0.15, 0.2) is 180 Å². The van der Waals surface area contributed by atoms with Gasteiger partial charge in [-0.1, -0.05) is 146 Å². The molecule has 0 bridgehead atoms. The van der Waals surface area contributed by atoms with Gasteiger partial charge >= 0.3 is 0 Å². The van der Waals surface area contributed by atoms with E-state index in [4.69, 9.17) is 19.4 Å². The molecule has 238 valence electrons. The molecule has 2 heterocycles. The van der Waals surface area contributed by atoms with Crippen LogP contribution in [-0.2, 0) is 0 Å². The molecule has 0 saturated carbocycles. The fraction of sp³-hybridized carbons (Fsp3) is 0. The Kier molecular flexibility index (Phi) is 6.78. The standard InChI is InChI=1S/C47H29N3O/c1-2-12-32(13-3-1)45-48-46(50-47(49-45)40-20-10-22-43-44(40)39-18-6-7-21-42(39)51-43)37-17-8-16-34(28-37)35-25-24-31-15-9-19-38(41(31)29-35)36-26-23-30-11-4-5-14-33(30)27-36/h1-29H. The molecule has 51 heavy (non-hydrogen) atoms. The van der Waals surface area contributed by atoms with E-state index in [1.54, 1.807) is 0 Å². The molecule has 0 saturated heterocycles. The second-order valence-corrected chi connectivity index (χ2v) is 12.8. The Morgan fingerprint density at radius 2 is 0.922 bits per heavy atom. The molecule has 8 aromatic carbocycles. The lowest BCUT2D eigenvalue weighted by Gasteiger charge is -2.12. The maximum Gasteiger partial charge on any atom is 0.164 e. The summed E-state index contributed by atoms with van der Waals surface area (Å²) in [7, 11) is 0. The Morgan fingerprint density at radius 3 is 1.84 bits per heavy atom. The van der Waals surface area contributed by atoms with Crippen molar-refractivity contribution in [3.63, 3.8) is 0 Å². The third-order valence-electron chi connectivity index (χ3n) is 9.71. The van der Waals surface area contributed by atoms with E-state index < -0.39 is 0 Å². The van der Waals surface area contributed by atoms with Crippen molar-refractivity contribution in [2.45, 2.75) is 0 Å². The van der Waals surface area contributed by atoms with Gasteiger partial charge in [0.15, 0.2) is 17.5 Å². The second kappa shape index (κ2) is 11.9. The van der Waals surface area contributed by atoms with Gasteiger partial charge in [-0.15, -0.1) is 0 Å². The largest absolute Gasteiger partial charge is 0.456 e. The van der Waals surface area contributed by atoms with Crippen molar-refractivity contribution in [3.05, 3.63) is 176 Å². The molecule has 0 aliphatic carbocycles. The van der Waals surface area contributed by atoms with E-state index in [0.29, 0.717) is 17.5 Å². The molecule has 0 radical (unpaired) electrons. The van der Waals surface area contributed by atoms with E-state index in [9.17, 15) is 0 Å². The quantitative estimate of drug-likeness (QED) is 0.186. The van der Waals surface area contributed by atoms with Crippen LogP contribution in [0.3, 0.4) is 0 Å². The summed E-state index contributed by atoms with van der Waals surface area (Å²) < 4.78 is 6.22. The zero-order valence-corrected chi connectivity index (χ0v) is 27.5. The molecule has 0 amide bonds. The normalized spacial score (nSPS) is 11.5. The van der Waals surface area contributed by atoms with E-state index >= 15 is 0 Å². The average Bonchev–Trinajstić information content (AvgIpc) is 3.59. The van der Waals surface area contributed by atoms with Crippen LogP contribution in [0.1, 0.15) is 0 Å². The Morgan fingerprint density at radius 1 is 0.314 bits per heavy atom. The predicted octanol–water partition coefficient (Wildman–Crippen LogP) is 12.4. The lowest BCUT2D eigenvalue weighted by atomic mass is 9.93. The van der Waals surface area contributed by atoms with Crippen molar-refractivity contribution < 1.29 is 4.42 Å². The molecular formula is C47H29N3O. The minimum absolute atomic E-state index is 0.604. The third-order valence-corrected chi connectivity index (χ3v) is 9.71. The molecule has 0 spiro atoms. The van der Waals surface area contributed by atoms with Crippen molar-refractivity contribution in [3.8, 4) is 56.4 Å². The fourth-order valence-electron chi connectivity index (χ4n) is 7.20. The average molecular weight is 652 g/mol. The first kappa shape index (κ1) is 29.0. The number of para-hydroxylation sites is 1. The van der Waals surface area contributed by atoms with Gasteiger partial charge in [-0.2, -0.15) is 0 Å². The third kappa shape index (κ3) is 5.13. The van der Waals surface area contributed by atoms with Gasteiger partial charge in [0.2, 0.25) is 0 Å². The van der Waals surface area contributed by atoms with Gasteiger partial charge in [-0.3, -0.25) is 0 Å². The molecule has 0 unspecified atom stereocenters. The number of rotatable bonds is 5. The van der Waals surface area contributed by atoms with Crippen LogP contribution >= 0.6 is 0 Å².